The minimum atomic E-state index is -0.321. The summed E-state index contributed by atoms with van der Waals surface area (Å²) in [4.78, 5) is 16.0. The topological polar surface area (TPSA) is 43.1 Å². The fraction of sp³-hybridized carbons (Fsp3) is 0. The van der Waals surface area contributed by atoms with Crippen LogP contribution in [0.3, 0.4) is 0 Å². The van der Waals surface area contributed by atoms with Crippen LogP contribution < -0.4 is 0 Å². The quantitative estimate of drug-likeness (QED) is 0.731. The lowest BCUT2D eigenvalue weighted by atomic mass is 10.0. The monoisotopic (exact) mass is 281 g/mol. The third kappa shape index (κ3) is 2.14. The summed E-state index contributed by atoms with van der Waals surface area (Å²) in [6, 6.07) is 12.8. The van der Waals surface area contributed by atoms with Crippen molar-refractivity contribution in [3.63, 3.8) is 0 Å². The van der Waals surface area contributed by atoms with E-state index >= 15 is 0 Å². The molecule has 1 heterocycles. The summed E-state index contributed by atoms with van der Waals surface area (Å²) in [7, 11) is 0. The number of carbonyl (C=O) groups is 1. The SMILES string of the molecule is C=Cc1ccc(C(=O)S)c(-c2nc3ccccc3o2)c1. The Morgan fingerprint density at radius 1 is 1.25 bits per heavy atom. The van der Waals surface area contributed by atoms with Gasteiger partial charge in [0.15, 0.2) is 5.58 Å². The van der Waals surface area contributed by atoms with Crippen LogP contribution >= 0.6 is 12.6 Å². The van der Waals surface area contributed by atoms with E-state index in [0.29, 0.717) is 22.6 Å². The van der Waals surface area contributed by atoms with Gasteiger partial charge in [-0.3, -0.25) is 4.79 Å². The molecule has 0 N–H and O–H groups in total. The molecule has 0 radical (unpaired) electrons. The molecule has 0 saturated heterocycles. The Kier molecular flexibility index (Phi) is 3.16. The van der Waals surface area contributed by atoms with Crippen molar-refractivity contribution in [2.75, 3.05) is 0 Å². The second-order valence-electron chi connectivity index (χ2n) is 4.30. The largest absolute Gasteiger partial charge is 0.436 e. The molecule has 0 spiro atoms. The highest BCUT2D eigenvalue weighted by molar-refractivity contribution is 7.97. The summed E-state index contributed by atoms with van der Waals surface area (Å²) >= 11 is 3.90. The molecule has 3 rings (SSSR count). The third-order valence-corrected chi connectivity index (χ3v) is 3.27. The van der Waals surface area contributed by atoms with Crippen LogP contribution in [0.1, 0.15) is 15.9 Å². The lowest BCUT2D eigenvalue weighted by Crippen LogP contribution is -1.94. The first-order valence-electron chi connectivity index (χ1n) is 6.05. The first-order valence-corrected chi connectivity index (χ1v) is 6.49. The average molecular weight is 281 g/mol. The van der Waals surface area contributed by atoms with Crippen molar-refractivity contribution in [2.45, 2.75) is 0 Å². The number of thiol groups is 1. The van der Waals surface area contributed by atoms with Crippen LogP contribution in [-0.4, -0.2) is 10.1 Å². The van der Waals surface area contributed by atoms with Gasteiger partial charge in [0.2, 0.25) is 11.0 Å². The number of fused-ring (bicyclic) bond motifs is 1. The molecule has 0 fully saturated rings. The second kappa shape index (κ2) is 4.98. The number of hydrogen-bond acceptors (Lipinski definition) is 3. The highest BCUT2D eigenvalue weighted by Gasteiger charge is 2.15. The number of rotatable bonds is 3. The van der Waals surface area contributed by atoms with E-state index in [1.165, 1.54) is 0 Å². The van der Waals surface area contributed by atoms with Crippen molar-refractivity contribution < 1.29 is 9.21 Å². The molecule has 0 bridgehead atoms. The van der Waals surface area contributed by atoms with E-state index in [4.69, 9.17) is 4.42 Å². The molecule has 98 valence electrons. The Bertz CT molecular complexity index is 787. The molecular weight excluding hydrogens is 270 g/mol. The summed E-state index contributed by atoms with van der Waals surface area (Å²) in [5.41, 5.74) is 3.41. The van der Waals surface area contributed by atoms with Gasteiger partial charge in [-0.15, -0.1) is 12.6 Å². The van der Waals surface area contributed by atoms with Gasteiger partial charge in [-0.1, -0.05) is 30.9 Å². The molecule has 2 aromatic carbocycles. The van der Waals surface area contributed by atoms with E-state index in [1.807, 2.05) is 36.4 Å². The van der Waals surface area contributed by atoms with Crippen molar-refractivity contribution in [2.24, 2.45) is 0 Å². The molecule has 20 heavy (non-hydrogen) atoms. The zero-order valence-corrected chi connectivity index (χ0v) is 11.4. The summed E-state index contributed by atoms with van der Waals surface area (Å²) in [6.45, 7) is 3.73. The molecule has 1 aromatic heterocycles. The summed E-state index contributed by atoms with van der Waals surface area (Å²) in [6.07, 6.45) is 1.71. The van der Waals surface area contributed by atoms with Gasteiger partial charge in [0.05, 0.1) is 0 Å². The second-order valence-corrected chi connectivity index (χ2v) is 4.71. The molecular formula is C16H11NO2S. The minimum absolute atomic E-state index is 0.321. The Hall–Kier alpha value is -2.33. The summed E-state index contributed by atoms with van der Waals surface area (Å²) in [5.74, 6) is 0.410. The van der Waals surface area contributed by atoms with Crippen LogP contribution in [0.2, 0.25) is 0 Å². The Morgan fingerprint density at radius 2 is 2.05 bits per heavy atom. The fourth-order valence-electron chi connectivity index (χ4n) is 2.04. The number of carbonyl (C=O) groups excluding carboxylic acids is 1. The lowest BCUT2D eigenvalue weighted by molar-refractivity contribution is 0.109. The molecule has 3 nitrogen and oxygen atoms in total. The summed E-state index contributed by atoms with van der Waals surface area (Å²) in [5, 5.41) is -0.321. The highest BCUT2D eigenvalue weighted by atomic mass is 32.1. The first-order chi connectivity index (χ1) is 9.69. The number of hydrogen-bond donors (Lipinski definition) is 1. The highest BCUT2D eigenvalue weighted by Crippen LogP contribution is 2.29. The van der Waals surface area contributed by atoms with Crippen LogP contribution in [-0.2, 0) is 0 Å². The van der Waals surface area contributed by atoms with E-state index in [2.05, 4.69) is 24.2 Å². The van der Waals surface area contributed by atoms with E-state index in [0.717, 1.165) is 11.1 Å². The first kappa shape index (κ1) is 12.7. The van der Waals surface area contributed by atoms with E-state index in [1.54, 1.807) is 12.1 Å². The van der Waals surface area contributed by atoms with Crippen molar-refractivity contribution in [1.29, 1.82) is 0 Å². The predicted octanol–water partition coefficient (Wildman–Crippen LogP) is 4.21. The molecule has 0 amide bonds. The Morgan fingerprint density at radius 3 is 2.75 bits per heavy atom. The normalized spacial score (nSPS) is 10.7. The maximum absolute atomic E-state index is 11.6. The Balaban J connectivity index is 2.25. The van der Waals surface area contributed by atoms with Gasteiger partial charge in [0, 0.05) is 11.1 Å². The standard InChI is InChI=1S/C16H11NO2S/c1-2-10-7-8-11(16(18)20)12(9-10)15-17-13-5-3-4-6-14(13)19-15/h2-9H,1H2,(H,18,20). The van der Waals surface area contributed by atoms with Crippen LogP contribution in [0.4, 0.5) is 0 Å². The maximum atomic E-state index is 11.6. The van der Waals surface area contributed by atoms with Gasteiger partial charge in [0.25, 0.3) is 0 Å². The van der Waals surface area contributed by atoms with Crippen LogP contribution in [0.25, 0.3) is 28.6 Å². The number of aromatic nitrogens is 1. The molecule has 0 aliphatic rings. The van der Waals surface area contributed by atoms with E-state index in [9.17, 15) is 4.79 Å². The Labute approximate surface area is 121 Å². The number of para-hydroxylation sites is 2. The lowest BCUT2D eigenvalue weighted by Gasteiger charge is -2.04. The van der Waals surface area contributed by atoms with Crippen LogP contribution in [0, 0.1) is 0 Å². The van der Waals surface area contributed by atoms with Crippen molar-refractivity contribution >= 4 is 34.9 Å². The van der Waals surface area contributed by atoms with Gasteiger partial charge >= 0.3 is 0 Å². The van der Waals surface area contributed by atoms with Gasteiger partial charge in [-0.25, -0.2) is 4.98 Å². The minimum Gasteiger partial charge on any atom is -0.436 e. The van der Waals surface area contributed by atoms with Crippen molar-refractivity contribution in [3.05, 3.63) is 60.2 Å². The molecule has 4 heteroatoms. The molecule has 0 unspecified atom stereocenters. The molecule has 0 atom stereocenters. The van der Waals surface area contributed by atoms with Crippen LogP contribution in [0.5, 0.6) is 0 Å². The average Bonchev–Trinajstić information content (AvgIpc) is 2.90. The van der Waals surface area contributed by atoms with E-state index < -0.39 is 0 Å². The number of oxazole rings is 1. The smallest absolute Gasteiger partial charge is 0.228 e. The molecule has 0 aliphatic heterocycles. The van der Waals surface area contributed by atoms with Crippen LogP contribution in [0.15, 0.2) is 53.5 Å². The molecule has 3 aromatic rings. The van der Waals surface area contributed by atoms with Gasteiger partial charge < -0.3 is 4.42 Å². The molecule has 0 saturated carbocycles. The zero-order chi connectivity index (χ0) is 14.1. The zero-order valence-electron chi connectivity index (χ0n) is 10.5. The van der Waals surface area contributed by atoms with Crippen molar-refractivity contribution in [3.8, 4) is 11.5 Å². The summed E-state index contributed by atoms with van der Waals surface area (Å²) < 4.78 is 5.71. The van der Waals surface area contributed by atoms with Gasteiger partial charge in [0.1, 0.15) is 5.52 Å². The van der Waals surface area contributed by atoms with Gasteiger partial charge in [-0.2, -0.15) is 0 Å². The molecule has 0 aliphatic carbocycles. The number of nitrogens with zero attached hydrogens (tertiary/aromatic N) is 1. The van der Waals surface area contributed by atoms with Crippen molar-refractivity contribution in [1.82, 2.24) is 4.98 Å². The fourth-order valence-corrected chi connectivity index (χ4v) is 2.23. The van der Waals surface area contributed by atoms with E-state index in [-0.39, 0.29) is 5.12 Å². The number of benzene rings is 2. The predicted molar refractivity (Wildman–Crippen MR) is 82.9 cm³/mol. The van der Waals surface area contributed by atoms with Gasteiger partial charge in [-0.05, 0) is 29.8 Å². The third-order valence-electron chi connectivity index (χ3n) is 3.03. The maximum Gasteiger partial charge on any atom is 0.228 e.